The summed E-state index contributed by atoms with van der Waals surface area (Å²) in [7, 11) is 2.03. The van der Waals surface area contributed by atoms with Gasteiger partial charge in [0, 0.05) is 26.2 Å². The van der Waals surface area contributed by atoms with E-state index >= 15 is 0 Å². The monoisotopic (exact) mass is 272 g/mol. The molecule has 1 aliphatic heterocycles. The molecule has 3 N–H and O–H groups in total. The number of nitrogens with one attached hydrogen (secondary N) is 2. The molecule has 1 fully saturated rings. The maximum Gasteiger partial charge on any atom is 0.330 e. The summed E-state index contributed by atoms with van der Waals surface area (Å²) in [5.41, 5.74) is 2.69. The molecule has 19 heavy (non-hydrogen) atoms. The van der Waals surface area contributed by atoms with Crippen LogP contribution in [-0.2, 0) is 4.79 Å². The quantitative estimate of drug-likeness (QED) is 0.653. The molecule has 0 radical (unpaired) electrons. The minimum absolute atomic E-state index is 0.213. The fourth-order valence-corrected chi connectivity index (χ4v) is 1.95. The van der Waals surface area contributed by atoms with E-state index in [-0.39, 0.29) is 5.92 Å². The molecule has 7 nitrogen and oxygen atoms in total. The van der Waals surface area contributed by atoms with Crippen molar-refractivity contribution >= 4 is 12.0 Å². The summed E-state index contributed by atoms with van der Waals surface area (Å²) in [6.07, 6.45) is 0.422. The second-order valence-electron chi connectivity index (χ2n) is 5.40. The highest BCUT2D eigenvalue weighted by molar-refractivity contribution is 5.82. The van der Waals surface area contributed by atoms with Gasteiger partial charge in [0.05, 0.1) is 0 Å². The van der Waals surface area contributed by atoms with Crippen LogP contribution in [0.5, 0.6) is 0 Å². The summed E-state index contributed by atoms with van der Waals surface area (Å²) in [4.78, 5) is 25.0. The predicted octanol–water partition coefficient (Wildman–Crippen LogP) is -0.0527. The van der Waals surface area contributed by atoms with Crippen LogP contribution in [0.25, 0.3) is 0 Å². The molecule has 0 aromatic rings. The first kappa shape index (κ1) is 15.7. The number of piperazine rings is 1. The summed E-state index contributed by atoms with van der Waals surface area (Å²) in [6, 6.07) is -1.29. The van der Waals surface area contributed by atoms with E-state index in [2.05, 4.69) is 15.6 Å². The zero-order chi connectivity index (χ0) is 14.4. The molecule has 0 bridgehead atoms. The van der Waals surface area contributed by atoms with Gasteiger partial charge in [-0.2, -0.15) is 0 Å². The Labute approximate surface area is 113 Å². The molecule has 0 aromatic carbocycles. The van der Waals surface area contributed by atoms with Crippen molar-refractivity contribution in [3.05, 3.63) is 0 Å². The average molecular weight is 272 g/mol. The SMILES string of the molecule is CC(C)CC(NC(=O)NN1CCN(C)CC1)C(=O)O. The molecule has 0 saturated carbocycles. The topological polar surface area (TPSA) is 84.9 Å². The number of carboxylic acid groups (broad SMARTS) is 1. The summed E-state index contributed by atoms with van der Waals surface area (Å²) in [5.74, 6) is -0.785. The molecule has 1 aliphatic rings. The summed E-state index contributed by atoms with van der Waals surface area (Å²) < 4.78 is 0. The van der Waals surface area contributed by atoms with Gasteiger partial charge in [-0.1, -0.05) is 13.8 Å². The van der Waals surface area contributed by atoms with Crippen LogP contribution in [-0.4, -0.2) is 66.3 Å². The first-order valence-corrected chi connectivity index (χ1v) is 6.62. The Balaban J connectivity index is 2.38. The summed E-state index contributed by atoms with van der Waals surface area (Å²) in [5, 5.41) is 13.4. The second kappa shape index (κ2) is 7.30. The van der Waals surface area contributed by atoms with E-state index < -0.39 is 18.0 Å². The third-order valence-corrected chi connectivity index (χ3v) is 3.07. The third kappa shape index (κ3) is 5.89. The van der Waals surface area contributed by atoms with Gasteiger partial charge in [-0.3, -0.25) is 5.43 Å². The molecule has 1 heterocycles. The lowest BCUT2D eigenvalue weighted by Gasteiger charge is -2.32. The van der Waals surface area contributed by atoms with Crippen molar-refractivity contribution in [2.45, 2.75) is 26.3 Å². The van der Waals surface area contributed by atoms with Crippen molar-refractivity contribution in [1.82, 2.24) is 20.7 Å². The fraction of sp³-hybridized carbons (Fsp3) is 0.833. The second-order valence-corrected chi connectivity index (χ2v) is 5.40. The van der Waals surface area contributed by atoms with Crippen LogP contribution in [0.3, 0.4) is 0 Å². The highest BCUT2D eigenvalue weighted by Gasteiger charge is 2.22. The Morgan fingerprint density at radius 2 is 1.79 bits per heavy atom. The highest BCUT2D eigenvalue weighted by Crippen LogP contribution is 2.05. The largest absolute Gasteiger partial charge is 0.480 e. The van der Waals surface area contributed by atoms with Crippen molar-refractivity contribution < 1.29 is 14.7 Å². The van der Waals surface area contributed by atoms with E-state index in [4.69, 9.17) is 5.11 Å². The zero-order valence-electron chi connectivity index (χ0n) is 11.8. The molecular formula is C12H24N4O3. The molecule has 1 rings (SSSR count). The fourth-order valence-electron chi connectivity index (χ4n) is 1.95. The van der Waals surface area contributed by atoms with Gasteiger partial charge in [-0.15, -0.1) is 0 Å². The van der Waals surface area contributed by atoms with Crippen LogP contribution in [0.15, 0.2) is 0 Å². The number of hydrazine groups is 1. The van der Waals surface area contributed by atoms with Crippen LogP contribution in [0, 0.1) is 5.92 Å². The average Bonchev–Trinajstić information content (AvgIpc) is 2.30. The molecule has 1 atom stereocenters. The van der Waals surface area contributed by atoms with Crippen LogP contribution in [0.2, 0.25) is 0 Å². The Hall–Kier alpha value is -1.34. The maximum atomic E-state index is 11.7. The molecule has 110 valence electrons. The molecule has 0 aliphatic carbocycles. The number of nitrogens with zero attached hydrogens (tertiary/aromatic N) is 2. The summed E-state index contributed by atoms with van der Waals surface area (Å²) in [6.45, 7) is 7.10. The molecule has 2 amide bonds. The molecule has 0 spiro atoms. The van der Waals surface area contributed by atoms with Gasteiger partial charge < -0.3 is 15.3 Å². The molecule has 1 saturated heterocycles. The van der Waals surface area contributed by atoms with E-state index in [1.165, 1.54) is 0 Å². The van der Waals surface area contributed by atoms with Crippen molar-refractivity contribution in [3.63, 3.8) is 0 Å². The minimum Gasteiger partial charge on any atom is -0.480 e. The van der Waals surface area contributed by atoms with Gasteiger partial charge in [0.15, 0.2) is 0 Å². The van der Waals surface area contributed by atoms with Crippen molar-refractivity contribution in [2.24, 2.45) is 5.92 Å². The number of carboxylic acids is 1. The lowest BCUT2D eigenvalue weighted by atomic mass is 10.0. The van der Waals surface area contributed by atoms with E-state index in [9.17, 15) is 9.59 Å². The first-order valence-electron chi connectivity index (χ1n) is 6.62. The maximum absolute atomic E-state index is 11.7. The van der Waals surface area contributed by atoms with Crippen molar-refractivity contribution in [2.75, 3.05) is 33.2 Å². The number of aliphatic carboxylic acids is 1. The van der Waals surface area contributed by atoms with Crippen LogP contribution < -0.4 is 10.7 Å². The van der Waals surface area contributed by atoms with E-state index in [1.807, 2.05) is 25.9 Å². The van der Waals surface area contributed by atoms with Gasteiger partial charge in [-0.05, 0) is 19.4 Å². The predicted molar refractivity (Wildman–Crippen MR) is 71.6 cm³/mol. The Morgan fingerprint density at radius 1 is 1.21 bits per heavy atom. The van der Waals surface area contributed by atoms with E-state index in [0.717, 1.165) is 26.2 Å². The third-order valence-electron chi connectivity index (χ3n) is 3.07. The standard InChI is InChI=1S/C12H24N4O3/c1-9(2)8-10(11(17)18)13-12(19)14-16-6-4-15(3)5-7-16/h9-10H,4-8H2,1-3H3,(H,17,18)(H2,13,14,19). The number of rotatable bonds is 5. The van der Waals surface area contributed by atoms with Gasteiger partial charge in [0.25, 0.3) is 0 Å². The number of urea groups is 1. The van der Waals surface area contributed by atoms with Crippen LogP contribution in [0.1, 0.15) is 20.3 Å². The lowest BCUT2D eigenvalue weighted by molar-refractivity contribution is -0.139. The number of amides is 2. The highest BCUT2D eigenvalue weighted by atomic mass is 16.4. The Morgan fingerprint density at radius 3 is 2.26 bits per heavy atom. The summed E-state index contributed by atoms with van der Waals surface area (Å²) >= 11 is 0. The smallest absolute Gasteiger partial charge is 0.330 e. The van der Waals surface area contributed by atoms with Gasteiger partial charge in [0.2, 0.25) is 0 Å². The number of carbonyl (C=O) groups excluding carboxylic acids is 1. The van der Waals surface area contributed by atoms with Gasteiger partial charge in [0.1, 0.15) is 6.04 Å². The van der Waals surface area contributed by atoms with Crippen LogP contribution in [0.4, 0.5) is 4.79 Å². The van der Waals surface area contributed by atoms with E-state index in [0.29, 0.717) is 6.42 Å². The number of likely N-dealkylation sites (N-methyl/N-ethyl adjacent to an activating group) is 1. The minimum atomic E-state index is -0.998. The Bertz CT molecular complexity index is 314. The molecule has 1 unspecified atom stereocenters. The number of hydrogen-bond acceptors (Lipinski definition) is 4. The number of hydrogen-bond donors (Lipinski definition) is 3. The normalized spacial score (nSPS) is 19.2. The zero-order valence-corrected chi connectivity index (χ0v) is 11.8. The van der Waals surface area contributed by atoms with Gasteiger partial charge >= 0.3 is 12.0 Å². The number of carbonyl (C=O) groups is 2. The van der Waals surface area contributed by atoms with Crippen molar-refractivity contribution in [1.29, 1.82) is 0 Å². The molecule has 0 aromatic heterocycles. The van der Waals surface area contributed by atoms with Crippen molar-refractivity contribution in [3.8, 4) is 0 Å². The molecule has 7 heteroatoms. The first-order chi connectivity index (χ1) is 8.88. The van der Waals surface area contributed by atoms with Crippen LogP contribution >= 0.6 is 0 Å². The van der Waals surface area contributed by atoms with E-state index in [1.54, 1.807) is 0 Å². The molecular weight excluding hydrogens is 248 g/mol. The van der Waals surface area contributed by atoms with Gasteiger partial charge in [-0.25, -0.2) is 14.6 Å². The lowest BCUT2D eigenvalue weighted by Crippen LogP contribution is -2.57. The Kier molecular flexibility index (Phi) is 6.04.